The number of aryl methyl sites for hydroxylation is 14. The summed E-state index contributed by atoms with van der Waals surface area (Å²) in [5, 5.41) is 13.6. The molecule has 5 aromatic heterocycles. The molecular weight excluding hydrogens is 1600 g/mol. The van der Waals surface area contributed by atoms with E-state index in [1.807, 2.05) is 0 Å². The van der Waals surface area contributed by atoms with E-state index in [4.69, 9.17) is 0 Å². The molecule has 5 nitrogen and oxygen atoms in total. The number of nitrogens with zero attached hydrogens (tertiary/aromatic N) is 5. The highest BCUT2D eigenvalue weighted by atomic mass is 15.0. The Kier molecular flexibility index (Phi) is 34.9. The smallest absolute Gasteiger partial charge is 0.198 e. The average molecular weight is 1760 g/mol. The maximum atomic E-state index is 2.43. The van der Waals surface area contributed by atoms with Crippen molar-refractivity contribution in [3.63, 3.8) is 0 Å². The predicted octanol–water partition coefficient (Wildman–Crippen LogP) is 33.0. The summed E-state index contributed by atoms with van der Waals surface area (Å²) < 4.78 is 11.8. The molecule has 0 unspecified atom stereocenters. The van der Waals surface area contributed by atoms with Crippen LogP contribution in [0.5, 0.6) is 0 Å². The molecule has 10 aromatic carbocycles. The van der Waals surface area contributed by atoms with Crippen molar-refractivity contribution >= 4 is 53.9 Å². The Morgan fingerprint density at radius 1 is 0.212 bits per heavy atom. The lowest BCUT2D eigenvalue weighted by molar-refractivity contribution is -0.665. The fraction of sp³-hybridized carbons (Fsp3) is 0.409. The molecule has 0 N–H and O–H groups in total. The number of pyridine rings is 5. The van der Waals surface area contributed by atoms with E-state index in [-0.39, 0.29) is 0 Å². The van der Waals surface area contributed by atoms with Crippen LogP contribution in [0.2, 0.25) is 0 Å². The molecule has 132 heavy (non-hydrogen) atoms. The van der Waals surface area contributed by atoms with Crippen LogP contribution in [0, 0.1) is 90.0 Å². The minimum Gasteiger partial charge on any atom is -0.198 e. The second-order valence-corrected chi connectivity index (χ2v) is 39.2. The second-order valence-electron chi connectivity index (χ2n) is 39.2. The van der Waals surface area contributed by atoms with E-state index in [2.05, 4.69) is 452 Å². The molecule has 0 aliphatic rings. The van der Waals surface area contributed by atoms with E-state index < -0.39 is 0 Å². The summed E-state index contributed by atoms with van der Waals surface area (Å²) in [5.74, 6) is 3.80. The van der Waals surface area contributed by atoms with Crippen LogP contribution in [-0.2, 0) is 54.5 Å². The van der Waals surface area contributed by atoms with Gasteiger partial charge in [0.15, 0.2) is 28.5 Å². The van der Waals surface area contributed by atoms with E-state index in [1.165, 1.54) is 297 Å². The molecular formula is C127H164N5+5. The topological polar surface area (TPSA) is 19.4 Å². The van der Waals surface area contributed by atoms with Gasteiger partial charge in [0, 0.05) is 81.6 Å². The molecule has 5 heteroatoms. The second kappa shape index (κ2) is 45.3. The molecule has 692 valence electrons. The molecule has 0 amide bonds. The minimum absolute atomic E-state index is 0.534. The normalized spacial score (nSPS) is 11.6. The first-order chi connectivity index (χ1) is 63.1. The molecule has 0 fully saturated rings. The summed E-state index contributed by atoms with van der Waals surface area (Å²) in [6.07, 6.45) is 15.2. The van der Waals surface area contributed by atoms with Gasteiger partial charge in [-0.2, -0.15) is 22.8 Å². The third kappa shape index (κ3) is 22.0. The van der Waals surface area contributed by atoms with Gasteiger partial charge in [-0.15, -0.1) is 0 Å². The molecule has 0 radical (unpaired) electrons. The van der Waals surface area contributed by atoms with E-state index in [1.54, 1.807) is 0 Å². The van der Waals surface area contributed by atoms with Crippen LogP contribution in [0.15, 0.2) is 200 Å². The molecule has 0 aliphatic heterocycles. The van der Waals surface area contributed by atoms with Gasteiger partial charge in [0.2, 0.25) is 28.5 Å². The third-order valence-electron chi connectivity index (χ3n) is 30.6. The Bertz CT molecular complexity index is 6620. The molecule has 0 saturated heterocycles. The Labute approximate surface area is 799 Å². The lowest BCUT2D eigenvalue weighted by Crippen LogP contribution is -2.35. The first kappa shape index (κ1) is 102. The van der Waals surface area contributed by atoms with Crippen molar-refractivity contribution in [1.82, 2.24) is 0 Å². The lowest BCUT2D eigenvalue weighted by atomic mass is 9.89. The van der Waals surface area contributed by atoms with Gasteiger partial charge in [-0.05, 0) is 345 Å². The molecule has 15 rings (SSSR count). The van der Waals surface area contributed by atoms with Crippen molar-refractivity contribution < 1.29 is 22.8 Å². The summed E-state index contributed by atoms with van der Waals surface area (Å²) in [6, 6.07) is 77.3. The monoisotopic (exact) mass is 1760 g/mol. The highest BCUT2D eigenvalue weighted by Gasteiger charge is 2.29. The Hall–Kier alpha value is -10.8. The number of hydrogen-bond acceptors (Lipinski definition) is 0. The van der Waals surface area contributed by atoms with Gasteiger partial charge in [-0.1, -0.05) is 224 Å². The van der Waals surface area contributed by atoms with Crippen LogP contribution in [0.25, 0.3) is 110 Å². The minimum atomic E-state index is 0.534. The zero-order chi connectivity index (χ0) is 96.1. The molecule has 0 spiro atoms. The van der Waals surface area contributed by atoms with Gasteiger partial charge in [-0.25, -0.2) is 0 Å². The SMILES string of the molecule is CCC(CC)c1ccc2c(-c3cc(C(C)C)ccc3C)[n+](C)c(C)cc2c1.CCC(CC)c1ccc2c(-c3cc(C)cc(C)c3C)[n+](C)c(C)cc2c1.CCC(CC)c1ccc2c(-c3cc(C)ccc3C)[n+](C)c(C)cc2c1.CCc1cc(CC)c(C)c(-c2c3ccc(C(CC)CC)cc3cc(C)[n+]2C)c1.CCc1ccc(C)c(-c2c3ccc(C(CC)CC)cc3cc(C)[n+]2C)c1. The molecule has 5 heterocycles. The van der Waals surface area contributed by atoms with Crippen molar-refractivity contribution in [3.8, 4) is 56.3 Å². The molecule has 0 saturated carbocycles. The van der Waals surface area contributed by atoms with E-state index in [0.29, 0.717) is 35.5 Å². The largest absolute Gasteiger partial charge is 0.220 e. The van der Waals surface area contributed by atoms with Crippen molar-refractivity contribution in [3.05, 3.63) is 323 Å². The van der Waals surface area contributed by atoms with Crippen LogP contribution in [0.3, 0.4) is 0 Å². The number of fused-ring (bicyclic) bond motifs is 5. The van der Waals surface area contributed by atoms with Gasteiger partial charge in [0.1, 0.15) is 35.2 Å². The Balaban J connectivity index is 0.000000159. The van der Waals surface area contributed by atoms with Crippen molar-refractivity contribution in [2.45, 2.75) is 313 Å². The van der Waals surface area contributed by atoms with Crippen LogP contribution in [0.4, 0.5) is 0 Å². The summed E-state index contributed by atoms with van der Waals surface area (Å²) in [5.41, 5.74) is 43.9. The first-order valence-electron chi connectivity index (χ1n) is 50.8. The van der Waals surface area contributed by atoms with E-state index in [9.17, 15) is 0 Å². The van der Waals surface area contributed by atoms with Crippen molar-refractivity contribution in [1.29, 1.82) is 0 Å². The van der Waals surface area contributed by atoms with Crippen LogP contribution >= 0.6 is 0 Å². The van der Waals surface area contributed by atoms with Gasteiger partial charge in [0.25, 0.3) is 0 Å². The highest BCUT2D eigenvalue weighted by Crippen LogP contribution is 2.42. The quantitative estimate of drug-likeness (QED) is 0.0537. The van der Waals surface area contributed by atoms with Gasteiger partial charge < -0.3 is 0 Å². The number of benzene rings is 10. The Morgan fingerprint density at radius 3 is 0.780 bits per heavy atom. The first-order valence-corrected chi connectivity index (χ1v) is 50.8. The van der Waals surface area contributed by atoms with Crippen LogP contribution in [0.1, 0.15) is 327 Å². The zero-order valence-corrected chi connectivity index (χ0v) is 87.9. The molecule has 0 aliphatic carbocycles. The van der Waals surface area contributed by atoms with Gasteiger partial charge in [-0.3, -0.25) is 0 Å². The van der Waals surface area contributed by atoms with Crippen LogP contribution < -0.4 is 22.8 Å². The van der Waals surface area contributed by atoms with Gasteiger partial charge >= 0.3 is 0 Å². The lowest BCUT2D eigenvalue weighted by Gasteiger charge is -2.17. The fourth-order valence-corrected chi connectivity index (χ4v) is 21.0. The van der Waals surface area contributed by atoms with Crippen LogP contribution in [-0.4, -0.2) is 0 Å². The number of aromatic nitrogens is 5. The summed E-state index contributed by atoms with van der Waals surface area (Å²) in [6.45, 7) is 63.1. The zero-order valence-electron chi connectivity index (χ0n) is 87.9. The van der Waals surface area contributed by atoms with E-state index in [0.717, 1.165) is 19.3 Å². The molecule has 0 atom stereocenters. The van der Waals surface area contributed by atoms with Crippen molar-refractivity contribution in [2.24, 2.45) is 35.2 Å². The number of rotatable bonds is 24. The standard InChI is InChI=1S/C27H36N.C26H34N.2C25H32N.C24H30N/c1-8-20-15-22(11-4)19(6)26(16-20)27-25-13-12-23(21(9-2)10-3)17-24(25)14-18(5)28(27)7;1-8-20(9-2)22-12-13-24-23(15-22)14-19(6)27(7)26(24)25-16-21(17(3)4)11-10-18(25)5;1-8-20(9-2)21-10-11-23-22(15-21)14-18(5)26(7)25(23)24-13-16(3)12-17(4)19(24)6;1-7-19-11-10-17(4)24(15-19)25-23-13-12-21(20(8-2)9-3)16-22(23)14-18(5)26(25)6;1-7-19(8-2)20-11-12-22-21(15-20)14-18(5)25(6)24(22)23-13-16(3)9-10-17(23)4/h12-17,21H,8-11H2,1-7H3;10-17,20H,8-9H2,1-7H3;10-15,20H,8-9H2,1-7H3;10-16,20H,7-9H2,1-6H3;9-15,19H,7-8H2,1-6H3/q5*+1. The summed E-state index contributed by atoms with van der Waals surface area (Å²) in [7, 11) is 11.0. The van der Waals surface area contributed by atoms with E-state index >= 15 is 0 Å². The fourth-order valence-electron chi connectivity index (χ4n) is 21.0. The predicted molar refractivity (Wildman–Crippen MR) is 573 cm³/mol. The molecule has 15 aromatic rings. The van der Waals surface area contributed by atoms with Crippen molar-refractivity contribution in [2.75, 3.05) is 0 Å². The Morgan fingerprint density at radius 2 is 0.477 bits per heavy atom. The summed E-state index contributed by atoms with van der Waals surface area (Å²) >= 11 is 0. The maximum absolute atomic E-state index is 2.43. The van der Waals surface area contributed by atoms with Gasteiger partial charge in [0.05, 0.1) is 38.1 Å². The summed E-state index contributed by atoms with van der Waals surface area (Å²) in [4.78, 5) is 0. The maximum Gasteiger partial charge on any atom is 0.220 e. The molecule has 0 bridgehead atoms. The highest BCUT2D eigenvalue weighted by molar-refractivity contribution is 5.99. The average Bonchev–Trinajstić information content (AvgIpc) is 0.766. The number of hydrogen-bond donors (Lipinski definition) is 0. The third-order valence-corrected chi connectivity index (χ3v) is 30.6.